The van der Waals surface area contributed by atoms with E-state index in [1.807, 2.05) is 47.5 Å². The number of carbonyl (C=O) groups excluding carboxylic acids is 1. The van der Waals surface area contributed by atoms with Crippen LogP contribution in [-0.4, -0.2) is 39.7 Å². The van der Waals surface area contributed by atoms with Crippen molar-refractivity contribution in [3.8, 4) is 5.69 Å². The van der Waals surface area contributed by atoms with E-state index in [2.05, 4.69) is 12.0 Å². The first-order chi connectivity index (χ1) is 11.7. The Labute approximate surface area is 143 Å². The zero-order valence-corrected chi connectivity index (χ0v) is 14.3. The van der Waals surface area contributed by atoms with Gasteiger partial charge in [0.05, 0.1) is 5.69 Å². The summed E-state index contributed by atoms with van der Waals surface area (Å²) in [5.74, 6) is 0.559. The molecule has 2 atom stereocenters. The second-order valence-corrected chi connectivity index (χ2v) is 6.60. The Balaban J connectivity index is 1.78. The first kappa shape index (κ1) is 16.7. The molecule has 2 N–H and O–H groups in total. The molecule has 1 aliphatic heterocycles. The van der Waals surface area contributed by atoms with Gasteiger partial charge in [-0.05, 0) is 56.3 Å². The normalized spacial score (nSPS) is 21.0. The Morgan fingerprint density at radius 2 is 2.08 bits per heavy atom. The highest BCUT2D eigenvalue weighted by molar-refractivity contribution is 5.92. The molecule has 1 aromatic carbocycles. The van der Waals surface area contributed by atoms with Crippen LogP contribution in [0.3, 0.4) is 0 Å². The molecule has 0 aliphatic carbocycles. The van der Waals surface area contributed by atoms with Crippen LogP contribution in [0.15, 0.2) is 42.6 Å². The van der Waals surface area contributed by atoms with Crippen LogP contribution in [0.4, 0.5) is 0 Å². The Morgan fingerprint density at radius 1 is 1.29 bits per heavy atom. The number of hydrogen-bond acceptors (Lipinski definition) is 3. The summed E-state index contributed by atoms with van der Waals surface area (Å²) < 4.78 is 1.76. The van der Waals surface area contributed by atoms with Crippen molar-refractivity contribution in [2.24, 2.45) is 11.7 Å². The maximum absolute atomic E-state index is 13.0. The van der Waals surface area contributed by atoms with Gasteiger partial charge in [0, 0.05) is 18.8 Å². The molecule has 1 aliphatic rings. The first-order valence-corrected chi connectivity index (χ1v) is 8.83. The number of nitrogens with zero attached hydrogens (tertiary/aromatic N) is 3. The van der Waals surface area contributed by atoms with Crippen LogP contribution >= 0.6 is 0 Å². The van der Waals surface area contributed by atoms with Gasteiger partial charge in [0.25, 0.3) is 5.91 Å². The van der Waals surface area contributed by atoms with Crippen molar-refractivity contribution < 1.29 is 4.79 Å². The molecule has 3 rings (SSSR count). The number of nitrogens with two attached hydrogens (primary N) is 1. The lowest BCUT2D eigenvalue weighted by Crippen LogP contribution is -2.48. The van der Waals surface area contributed by atoms with E-state index in [1.165, 1.54) is 6.42 Å². The molecule has 1 fully saturated rings. The van der Waals surface area contributed by atoms with Crippen LogP contribution in [0.5, 0.6) is 0 Å². The maximum atomic E-state index is 13.0. The van der Waals surface area contributed by atoms with E-state index >= 15 is 0 Å². The molecule has 0 bridgehead atoms. The molecule has 5 nitrogen and oxygen atoms in total. The third-order valence-electron chi connectivity index (χ3n) is 4.91. The molecule has 1 amide bonds. The molecule has 128 valence electrons. The van der Waals surface area contributed by atoms with E-state index in [0.29, 0.717) is 18.2 Å². The van der Waals surface area contributed by atoms with Crippen molar-refractivity contribution in [3.05, 3.63) is 48.3 Å². The average molecular weight is 326 g/mol. The molecule has 0 saturated carbocycles. The van der Waals surface area contributed by atoms with Crippen molar-refractivity contribution in [1.82, 2.24) is 14.7 Å². The van der Waals surface area contributed by atoms with Crippen molar-refractivity contribution in [3.63, 3.8) is 0 Å². The molecule has 0 spiro atoms. The summed E-state index contributed by atoms with van der Waals surface area (Å²) in [6, 6.07) is 12.0. The number of likely N-dealkylation sites (tertiary alicyclic amines) is 1. The summed E-state index contributed by atoms with van der Waals surface area (Å²) in [7, 11) is 0. The van der Waals surface area contributed by atoms with E-state index in [1.54, 1.807) is 4.68 Å². The number of para-hydroxylation sites is 1. The van der Waals surface area contributed by atoms with Crippen LogP contribution in [-0.2, 0) is 0 Å². The molecular weight excluding hydrogens is 300 g/mol. The summed E-state index contributed by atoms with van der Waals surface area (Å²) in [5, 5.41) is 4.50. The SMILES string of the molecule is CC1CCCN(C(=O)c2ccn(-c3ccccc3)n2)C1CCCN. The molecule has 2 heterocycles. The Morgan fingerprint density at radius 3 is 2.83 bits per heavy atom. The summed E-state index contributed by atoms with van der Waals surface area (Å²) in [6.07, 6.45) is 6.02. The van der Waals surface area contributed by atoms with Crippen molar-refractivity contribution in [1.29, 1.82) is 0 Å². The van der Waals surface area contributed by atoms with Crippen LogP contribution in [0, 0.1) is 5.92 Å². The number of benzene rings is 1. The highest BCUT2D eigenvalue weighted by Gasteiger charge is 2.32. The highest BCUT2D eigenvalue weighted by atomic mass is 16.2. The predicted molar refractivity (Wildman–Crippen MR) is 95.1 cm³/mol. The van der Waals surface area contributed by atoms with Gasteiger partial charge in [-0.15, -0.1) is 0 Å². The number of rotatable bonds is 5. The van der Waals surface area contributed by atoms with Crippen molar-refractivity contribution in [2.45, 2.75) is 38.6 Å². The van der Waals surface area contributed by atoms with Crippen LogP contribution in [0.2, 0.25) is 0 Å². The number of aromatic nitrogens is 2. The number of carbonyl (C=O) groups is 1. The van der Waals surface area contributed by atoms with E-state index in [4.69, 9.17) is 5.73 Å². The minimum atomic E-state index is 0.0400. The minimum Gasteiger partial charge on any atom is -0.334 e. The van der Waals surface area contributed by atoms with Gasteiger partial charge in [0.15, 0.2) is 5.69 Å². The van der Waals surface area contributed by atoms with Crippen molar-refractivity contribution in [2.75, 3.05) is 13.1 Å². The smallest absolute Gasteiger partial charge is 0.274 e. The lowest BCUT2D eigenvalue weighted by Gasteiger charge is -2.40. The van der Waals surface area contributed by atoms with E-state index in [-0.39, 0.29) is 11.9 Å². The van der Waals surface area contributed by atoms with E-state index < -0.39 is 0 Å². The lowest BCUT2D eigenvalue weighted by molar-refractivity contribution is 0.0490. The van der Waals surface area contributed by atoms with Crippen LogP contribution in [0.1, 0.15) is 43.1 Å². The monoisotopic (exact) mass is 326 g/mol. The topological polar surface area (TPSA) is 64.2 Å². The maximum Gasteiger partial charge on any atom is 0.274 e. The quantitative estimate of drug-likeness (QED) is 0.919. The Hall–Kier alpha value is -2.14. The standard InChI is InChI=1S/C19H26N4O/c1-15-7-6-13-22(18(15)10-5-12-20)19(24)17-11-14-23(21-17)16-8-3-2-4-9-16/h2-4,8-9,11,14-15,18H,5-7,10,12-13,20H2,1H3. The van der Waals surface area contributed by atoms with Crippen LogP contribution < -0.4 is 5.73 Å². The van der Waals surface area contributed by atoms with Gasteiger partial charge in [0.2, 0.25) is 0 Å². The van der Waals surface area contributed by atoms with Gasteiger partial charge in [-0.25, -0.2) is 4.68 Å². The average Bonchev–Trinajstić information content (AvgIpc) is 3.11. The van der Waals surface area contributed by atoms with E-state index in [0.717, 1.165) is 31.5 Å². The van der Waals surface area contributed by atoms with Gasteiger partial charge in [0.1, 0.15) is 0 Å². The largest absolute Gasteiger partial charge is 0.334 e. The first-order valence-electron chi connectivity index (χ1n) is 8.83. The lowest BCUT2D eigenvalue weighted by atomic mass is 9.87. The number of piperidine rings is 1. The summed E-state index contributed by atoms with van der Waals surface area (Å²) >= 11 is 0. The molecule has 1 saturated heterocycles. The third kappa shape index (κ3) is 3.51. The Kier molecular flexibility index (Phi) is 5.30. The zero-order chi connectivity index (χ0) is 16.9. The second-order valence-electron chi connectivity index (χ2n) is 6.60. The van der Waals surface area contributed by atoms with Crippen molar-refractivity contribution >= 4 is 5.91 Å². The molecule has 24 heavy (non-hydrogen) atoms. The summed E-state index contributed by atoms with van der Waals surface area (Å²) in [4.78, 5) is 15.0. The van der Waals surface area contributed by atoms with Gasteiger partial charge < -0.3 is 10.6 Å². The summed E-state index contributed by atoms with van der Waals surface area (Å²) in [6.45, 7) is 3.73. The molecule has 2 unspecified atom stereocenters. The van der Waals surface area contributed by atoms with Gasteiger partial charge in [-0.1, -0.05) is 25.1 Å². The fraction of sp³-hybridized carbons (Fsp3) is 0.474. The Bertz CT molecular complexity index is 667. The number of amides is 1. The molecule has 1 aromatic heterocycles. The fourth-order valence-corrected chi connectivity index (χ4v) is 3.58. The van der Waals surface area contributed by atoms with Gasteiger partial charge in [-0.2, -0.15) is 5.10 Å². The molecule has 0 radical (unpaired) electrons. The third-order valence-corrected chi connectivity index (χ3v) is 4.91. The van der Waals surface area contributed by atoms with E-state index in [9.17, 15) is 4.79 Å². The highest BCUT2D eigenvalue weighted by Crippen LogP contribution is 2.27. The van der Waals surface area contributed by atoms with Gasteiger partial charge in [-0.3, -0.25) is 4.79 Å². The predicted octanol–water partition coefficient (Wildman–Crippen LogP) is 2.85. The second kappa shape index (κ2) is 7.62. The molecule has 5 heteroatoms. The van der Waals surface area contributed by atoms with Crippen LogP contribution in [0.25, 0.3) is 5.69 Å². The van der Waals surface area contributed by atoms with Gasteiger partial charge >= 0.3 is 0 Å². The number of hydrogen-bond donors (Lipinski definition) is 1. The molecule has 2 aromatic rings. The minimum absolute atomic E-state index is 0.0400. The summed E-state index contributed by atoms with van der Waals surface area (Å²) in [5.41, 5.74) is 7.15. The fourth-order valence-electron chi connectivity index (χ4n) is 3.58. The molecular formula is C19H26N4O. The zero-order valence-electron chi connectivity index (χ0n) is 14.3.